The number of dihydropyridines is 1. The third-order valence-electron chi connectivity index (χ3n) is 1.92. The molecule has 2 rings (SSSR count). The van der Waals surface area contributed by atoms with Crippen LogP contribution in [-0.2, 0) is 4.79 Å². The summed E-state index contributed by atoms with van der Waals surface area (Å²) in [5.74, 6) is -0.937. The van der Waals surface area contributed by atoms with Crippen molar-refractivity contribution < 1.29 is 9.90 Å². The molecule has 0 radical (unpaired) electrons. The molecule has 0 saturated heterocycles. The number of nitrogens with zero attached hydrogens (tertiary/aromatic N) is 2. The second-order valence-corrected chi connectivity index (χ2v) is 2.86. The fourth-order valence-corrected chi connectivity index (χ4v) is 1.22. The Kier molecular flexibility index (Phi) is 2.06. The lowest BCUT2D eigenvalue weighted by Crippen LogP contribution is -2.24. The first-order valence-corrected chi connectivity index (χ1v) is 4.14. The summed E-state index contributed by atoms with van der Waals surface area (Å²) in [6.45, 7) is 0. The summed E-state index contributed by atoms with van der Waals surface area (Å²) >= 11 is 0. The molecule has 1 aromatic heterocycles. The second-order valence-electron chi connectivity index (χ2n) is 2.86. The fourth-order valence-electron chi connectivity index (χ4n) is 1.22. The highest BCUT2D eigenvalue weighted by Gasteiger charge is 2.12. The Balaban J connectivity index is 2.12. The highest BCUT2D eigenvalue weighted by atomic mass is 16.4. The van der Waals surface area contributed by atoms with Crippen LogP contribution in [0.3, 0.4) is 0 Å². The molecule has 0 saturated carbocycles. The van der Waals surface area contributed by atoms with Crippen molar-refractivity contribution >= 4 is 5.97 Å². The molecule has 5 heteroatoms. The van der Waals surface area contributed by atoms with Gasteiger partial charge in [-0.15, -0.1) is 0 Å². The Morgan fingerprint density at radius 3 is 3.00 bits per heavy atom. The number of carboxylic acid groups (broad SMARTS) is 1. The van der Waals surface area contributed by atoms with Crippen LogP contribution in [0.4, 0.5) is 0 Å². The molecule has 14 heavy (non-hydrogen) atoms. The van der Waals surface area contributed by atoms with Crippen molar-refractivity contribution in [3.63, 3.8) is 0 Å². The van der Waals surface area contributed by atoms with Crippen LogP contribution >= 0.6 is 0 Å². The molecule has 1 aliphatic heterocycles. The molecule has 0 spiro atoms. The van der Waals surface area contributed by atoms with Crippen molar-refractivity contribution in [2.75, 3.05) is 0 Å². The Morgan fingerprint density at radius 1 is 1.64 bits per heavy atom. The van der Waals surface area contributed by atoms with Crippen molar-refractivity contribution in [2.24, 2.45) is 0 Å². The van der Waals surface area contributed by atoms with Crippen LogP contribution in [0.2, 0.25) is 0 Å². The molecule has 0 aliphatic carbocycles. The molecule has 5 nitrogen and oxygen atoms in total. The molecular formula is C9H9N3O2. The van der Waals surface area contributed by atoms with Crippen molar-refractivity contribution in [3.05, 3.63) is 42.4 Å². The Hall–Kier alpha value is -2.04. The van der Waals surface area contributed by atoms with Crippen LogP contribution in [0.25, 0.3) is 0 Å². The third-order valence-corrected chi connectivity index (χ3v) is 1.92. The van der Waals surface area contributed by atoms with Gasteiger partial charge in [-0.1, -0.05) is 0 Å². The summed E-state index contributed by atoms with van der Waals surface area (Å²) < 4.78 is 1.70. The summed E-state index contributed by atoms with van der Waals surface area (Å²) in [7, 11) is 0. The van der Waals surface area contributed by atoms with Crippen LogP contribution in [0, 0.1) is 0 Å². The normalized spacial score (nSPS) is 20.0. The SMILES string of the molecule is O=C(O)C1=CNC(n2cccn2)C=C1. The number of aliphatic carboxylic acids is 1. The minimum Gasteiger partial charge on any atom is -0.478 e. The molecule has 72 valence electrons. The van der Waals surface area contributed by atoms with Crippen molar-refractivity contribution in [1.82, 2.24) is 15.1 Å². The Morgan fingerprint density at radius 2 is 2.50 bits per heavy atom. The second kappa shape index (κ2) is 3.37. The van der Waals surface area contributed by atoms with Gasteiger partial charge in [-0.2, -0.15) is 5.10 Å². The van der Waals surface area contributed by atoms with E-state index in [1.807, 2.05) is 12.3 Å². The van der Waals surface area contributed by atoms with Crippen molar-refractivity contribution in [1.29, 1.82) is 0 Å². The van der Waals surface area contributed by atoms with Gasteiger partial charge in [0.05, 0.1) is 5.57 Å². The zero-order valence-electron chi connectivity index (χ0n) is 7.29. The van der Waals surface area contributed by atoms with E-state index in [1.165, 1.54) is 6.20 Å². The predicted octanol–water partition coefficient (Wildman–Crippen LogP) is 0.510. The van der Waals surface area contributed by atoms with Crippen LogP contribution < -0.4 is 5.32 Å². The molecule has 1 atom stereocenters. The molecular weight excluding hydrogens is 182 g/mol. The molecule has 0 fully saturated rings. The Labute approximate surface area is 80.3 Å². The molecule has 2 N–H and O–H groups in total. The average Bonchev–Trinajstić information content (AvgIpc) is 2.71. The molecule has 2 heterocycles. The molecule has 1 aromatic rings. The summed E-state index contributed by atoms with van der Waals surface area (Å²) in [6.07, 6.45) is 8.15. The number of carboxylic acids is 1. The summed E-state index contributed by atoms with van der Waals surface area (Å²) in [6, 6.07) is 1.81. The van der Waals surface area contributed by atoms with Gasteiger partial charge >= 0.3 is 5.97 Å². The van der Waals surface area contributed by atoms with Crippen molar-refractivity contribution in [2.45, 2.75) is 6.17 Å². The maximum absolute atomic E-state index is 10.6. The standard InChI is InChI=1S/C9H9N3O2/c13-9(14)7-2-3-8(10-6-7)12-5-1-4-11-12/h1-6,8,10H,(H,13,14). The van der Waals surface area contributed by atoms with E-state index in [4.69, 9.17) is 5.11 Å². The van der Waals surface area contributed by atoms with E-state index in [1.54, 1.807) is 23.0 Å². The molecule has 1 aliphatic rings. The van der Waals surface area contributed by atoms with Crippen LogP contribution in [-0.4, -0.2) is 20.9 Å². The largest absolute Gasteiger partial charge is 0.478 e. The lowest BCUT2D eigenvalue weighted by Gasteiger charge is -2.17. The van der Waals surface area contributed by atoms with Crippen LogP contribution in [0.15, 0.2) is 42.4 Å². The van der Waals surface area contributed by atoms with Gasteiger partial charge in [0.25, 0.3) is 0 Å². The predicted molar refractivity (Wildman–Crippen MR) is 49.3 cm³/mol. The Bertz CT molecular complexity index is 392. The first kappa shape index (κ1) is 8.55. The molecule has 0 amide bonds. The van der Waals surface area contributed by atoms with Gasteiger partial charge in [-0.25, -0.2) is 9.48 Å². The summed E-state index contributed by atoms with van der Waals surface area (Å²) in [4.78, 5) is 10.6. The van der Waals surface area contributed by atoms with E-state index < -0.39 is 5.97 Å². The topological polar surface area (TPSA) is 67.2 Å². The lowest BCUT2D eigenvalue weighted by atomic mass is 10.2. The van der Waals surface area contributed by atoms with Gasteiger partial charge in [-0.05, 0) is 18.2 Å². The zero-order valence-corrected chi connectivity index (χ0v) is 7.29. The molecule has 1 unspecified atom stereocenters. The van der Waals surface area contributed by atoms with Gasteiger partial charge in [0, 0.05) is 18.6 Å². The van der Waals surface area contributed by atoms with E-state index >= 15 is 0 Å². The summed E-state index contributed by atoms with van der Waals surface area (Å²) in [5.41, 5.74) is 0.244. The van der Waals surface area contributed by atoms with E-state index in [2.05, 4.69) is 10.4 Å². The van der Waals surface area contributed by atoms with Gasteiger partial charge in [0.15, 0.2) is 0 Å². The number of aromatic nitrogens is 2. The number of hydrogen-bond acceptors (Lipinski definition) is 3. The molecule has 0 aromatic carbocycles. The summed E-state index contributed by atoms with van der Waals surface area (Å²) in [5, 5.41) is 15.6. The number of rotatable bonds is 2. The van der Waals surface area contributed by atoms with Gasteiger partial charge in [0.1, 0.15) is 6.17 Å². The molecule has 0 bridgehead atoms. The lowest BCUT2D eigenvalue weighted by molar-refractivity contribution is -0.132. The fraction of sp³-hybridized carbons (Fsp3) is 0.111. The van der Waals surface area contributed by atoms with Crippen LogP contribution in [0.1, 0.15) is 6.17 Å². The first-order valence-electron chi connectivity index (χ1n) is 4.14. The monoisotopic (exact) mass is 191 g/mol. The highest BCUT2D eigenvalue weighted by Crippen LogP contribution is 2.10. The van der Waals surface area contributed by atoms with E-state index in [0.717, 1.165) is 0 Å². The zero-order chi connectivity index (χ0) is 9.97. The maximum atomic E-state index is 10.6. The quantitative estimate of drug-likeness (QED) is 0.714. The third kappa shape index (κ3) is 1.52. The first-order chi connectivity index (χ1) is 6.77. The minimum atomic E-state index is -0.937. The number of carbonyl (C=O) groups is 1. The van der Waals surface area contributed by atoms with E-state index in [9.17, 15) is 4.79 Å². The minimum absolute atomic E-state index is 0.104. The maximum Gasteiger partial charge on any atom is 0.337 e. The van der Waals surface area contributed by atoms with Crippen molar-refractivity contribution in [3.8, 4) is 0 Å². The van der Waals surface area contributed by atoms with E-state index in [-0.39, 0.29) is 11.7 Å². The van der Waals surface area contributed by atoms with Gasteiger partial charge in [0.2, 0.25) is 0 Å². The smallest absolute Gasteiger partial charge is 0.337 e. The van der Waals surface area contributed by atoms with Crippen LogP contribution in [0.5, 0.6) is 0 Å². The number of nitrogens with one attached hydrogen (secondary N) is 1. The van der Waals surface area contributed by atoms with Gasteiger partial charge in [-0.3, -0.25) is 0 Å². The average molecular weight is 191 g/mol. The van der Waals surface area contributed by atoms with E-state index in [0.29, 0.717) is 0 Å². The van der Waals surface area contributed by atoms with Gasteiger partial charge < -0.3 is 10.4 Å². The highest BCUT2D eigenvalue weighted by molar-refractivity contribution is 5.89. The number of hydrogen-bond donors (Lipinski definition) is 2.